The van der Waals surface area contributed by atoms with Gasteiger partial charge in [-0.05, 0) is 62.7 Å². The van der Waals surface area contributed by atoms with Crippen molar-refractivity contribution in [2.45, 2.75) is 49.8 Å². The van der Waals surface area contributed by atoms with Crippen molar-refractivity contribution in [2.75, 3.05) is 13.2 Å². The van der Waals surface area contributed by atoms with Crippen molar-refractivity contribution in [3.8, 4) is 5.75 Å². The predicted molar refractivity (Wildman–Crippen MR) is 121 cm³/mol. The number of fused-ring (bicyclic) bond motifs is 1. The van der Waals surface area contributed by atoms with Gasteiger partial charge in [-0.3, -0.25) is 9.48 Å². The average molecular weight is 494 g/mol. The molecule has 0 amide bonds. The Morgan fingerprint density at radius 2 is 1.94 bits per heavy atom. The molecule has 2 aromatic carbocycles. The highest BCUT2D eigenvalue weighted by Crippen LogP contribution is 2.35. The van der Waals surface area contributed by atoms with Gasteiger partial charge in [-0.15, -0.1) is 0 Å². The number of halogens is 2. The van der Waals surface area contributed by atoms with Crippen LogP contribution in [0.3, 0.4) is 0 Å². The lowest BCUT2D eigenvalue weighted by molar-refractivity contribution is -0.136. The molecule has 8 nitrogen and oxygen atoms in total. The number of carboxylic acids is 1. The summed E-state index contributed by atoms with van der Waals surface area (Å²) in [4.78, 5) is 11.3. The third kappa shape index (κ3) is 4.62. The zero-order valence-corrected chi connectivity index (χ0v) is 19.5. The SMILES string of the molecule is CC(C)Oc1ccc(S(=O)(=O)N2C[C@H](n3nc(CC(=O)O)c4ccc(F)cc43)C[C@@H]2CF)cc1. The Balaban J connectivity index is 1.67. The van der Waals surface area contributed by atoms with Crippen molar-refractivity contribution in [2.24, 2.45) is 0 Å². The van der Waals surface area contributed by atoms with Crippen LogP contribution in [0, 0.1) is 5.82 Å². The quantitative estimate of drug-likeness (QED) is 0.515. The topological polar surface area (TPSA) is 102 Å². The third-order valence-corrected chi connectivity index (χ3v) is 7.67. The minimum absolute atomic E-state index is 0.00522. The van der Waals surface area contributed by atoms with E-state index in [2.05, 4.69) is 5.10 Å². The van der Waals surface area contributed by atoms with Crippen LogP contribution in [-0.2, 0) is 21.2 Å². The summed E-state index contributed by atoms with van der Waals surface area (Å²) in [5, 5.41) is 14.0. The molecule has 34 heavy (non-hydrogen) atoms. The van der Waals surface area contributed by atoms with Gasteiger partial charge >= 0.3 is 5.97 Å². The van der Waals surface area contributed by atoms with E-state index in [1.54, 1.807) is 12.1 Å². The van der Waals surface area contributed by atoms with Crippen LogP contribution in [0.25, 0.3) is 10.9 Å². The molecule has 4 rings (SSSR count). The second kappa shape index (κ2) is 9.30. The molecule has 1 fully saturated rings. The van der Waals surface area contributed by atoms with Gasteiger partial charge in [-0.2, -0.15) is 9.40 Å². The molecule has 0 aliphatic carbocycles. The zero-order valence-electron chi connectivity index (χ0n) is 18.7. The maximum atomic E-state index is 14.0. The van der Waals surface area contributed by atoms with Crippen LogP contribution in [-0.4, -0.2) is 58.9 Å². The summed E-state index contributed by atoms with van der Waals surface area (Å²) >= 11 is 0. The fourth-order valence-electron chi connectivity index (χ4n) is 4.30. The number of sulfonamides is 1. The van der Waals surface area contributed by atoms with Gasteiger partial charge in [0.2, 0.25) is 10.0 Å². The molecule has 0 radical (unpaired) electrons. The first-order valence-corrected chi connectivity index (χ1v) is 12.3. The summed E-state index contributed by atoms with van der Waals surface area (Å²) in [5.41, 5.74) is 0.578. The highest BCUT2D eigenvalue weighted by atomic mass is 32.2. The number of ether oxygens (including phenoxy) is 1. The molecule has 2 atom stereocenters. The van der Waals surface area contributed by atoms with Crippen LogP contribution in [0.5, 0.6) is 5.75 Å². The molecule has 0 bridgehead atoms. The van der Waals surface area contributed by atoms with Crippen LogP contribution >= 0.6 is 0 Å². The van der Waals surface area contributed by atoms with Gasteiger partial charge in [0.1, 0.15) is 18.2 Å². The lowest BCUT2D eigenvalue weighted by Gasteiger charge is -2.22. The smallest absolute Gasteiger partial charge is 0.309 e. The number of aliphatic carboxylic acids is 1. The third-order valence-electron chi connectivity index (χ3n) is 5.73. The zero-order chi connectivity index (χ0) is 24.6. The fraction of sp³-hybridized carbons (Fsp3) is 0.391. The minimum atomic E-state index is -4.03. The molecule has 1 N–H and O–H groups in total. The normalized spacial score (nSPS) is 19.2. The van der Waals surface area contributed by atoms with E-state index in [9.17, 15) is 27.1 Å². The first kappa shape index (κ1) is 24.1. The molecule has 1 aliphatic heterocycles. The van der Waals surface area contributed by atoms with Gasteiger partial charge in [0, 0.05) is 11.9 Å². The van der Waals surface area contributed by atoms with E-state index in [-0.39, 0.29) is 36.1 Å². The Morgan fingerprint density at radius 3 is 2.56 bits per heavy atom. The van der Waals surface area contributed by atoms with E-state index in [1.807, 2.05) is 13.8 Å². The number of hydrogen-bond acceptors (Lipinski definition) is 5. The standard InChI is InChI=1S/C23H25F2N3O5S/c1-14(2)33-18-4-6-19(7-5-18)34(31,32)27-13-17(10-16(27)12-24)28-22-9-15(25)3-8-20(22)21(26-28)11-23(29)30/h3-9,14,16-17H,10-13H2,1-2H3,(H,29,30)/t16-,17-/m1/s1. The molecular formula is C23H25F2N3O5S. The Bertz CT molecular complexity index is 1310. The van der Waals surface area contributed by atoms with Gasteiger partial charge in [0.15, 0.2) is 0 Å². The number of nitrogens with zero attached hydrogens (tertiary/aromatic N) is 3. The molecule has 0 spiro atoms. The van der Waals surface area contributed by atoms with Crippen molar-refractivity contribution in [3.63, 3.8) is 0 Å². The van der Waals surface area contributed by atoms with E-state index >= 15 is 0 Å². The summed E-state index contributed by atoms with van der Waals surface area (Å²) in [6, 6.07) is 8.29. The predicted octanol–water partition coefficient (Wildman–Crippen LogP) is 3.56. The number of aromatic nitrogens is 2. The van der Waals surface area contributed by atoms with Gasteiger partial charge in [-0.25, -0.2) is 17.2 Å². The van der Waals surface area contributed by atoms with E-state index < -0.39 is 40.6 Å². The Morgan fingerprint density at radius 1 is 1.24 bits per heavy atom. The van der Waals surface area contributed by atoms with Crippen LogP contribution in [0.1, 0.15) is 32.0 Å². The molecule has 1 saturated heterocycles. The molecule has 1 aromatic heterocycles. The van der Waals surface area contributed by atoms with E-state index in [1.165, 1.54) is 35.0 Å². The summed E-state index contributed by atoms with van der Waals surface area (Å²) in [7, 11) is -4.03. The first-order chi connectivity index (χ1) is 16.1. The summed E-state index contributed by atoms with van der Waals surface area (Å²) < 4.78 is 62.7. The van der Waals surface area contributed by atoms with Crippen molar-refractivity contribution in [3.05, 3.63) is 54.0 Å². The Labute approximate surface area is 195 Å². The number of benzene rings is 2. The monoisotopic (exact) mass is 493 g/mol. The van der Waals surface area contributed by atoms with Crippen molar-refractivity contribution < 1.29 is 31.8 Å². The highest BCUT2D eigenvalue weighted by Gasteiger charge is 2.42. The van der Waals surface area contributed by atoms with Crippen LogP contribution < -0.4 is 4.74 Å². The van der Waals surface area contributed by atoms with Gasteiger partial charge in [0.05, 0.1) is 40.7 Å². The first-order valence-electron chi connectivity index (χ1n) is 10.8. The van der Waals surface area contributed by atoms with Gasteiger partial charge in [0.25, 0.3) is 0 Å². The van der Waals surface area contributed by atoms with E-state index in [4.69, 9.17) is 4.74 Å². The van der Waals surface area contributed by atoms with E-state index in [0.29, 0.717) is 16.7 Å². The largest absolute Gasteiger partial charge is 0.491 e. The minimum Gasteiger partial charge on any atom is -0.491 e. The summed E-state index contributed by atoms with van der Waals surface area (Å²) in [6.07, 6.45) is -0.330. The molecule has 1 aliphatic rings. The lowest BCUT2D eigenvalue weighted by Crippen LogP contribution is -2.37. The Hall–Kier alpha value is -3.05. The number of rotatable bonds is 8. The maximum absolute atomic E-state index is 14.0. The summed E-state index contributed by atoms with van der Waals surface area (Å²) in [6.45, 7) is 2.72. The molecule has 11 heteroatoms. The number of carbonyl (C=O) groups is 1. The summed E-state index contributed by atoms with van der Waals surface area (Å²) in [5.74, 6) is -1.12. The molecule has 182 valence electrons. The second-order valence-corrected chi connectivity index (χ2v) is 10.4. The number of alkyl halides is 1. The molecule has 2 heterocycles. The molecule has 3 aromatic rings. The molecule has 0 unspecified atom stereocenters. The molecular weight excluding hydrogens is 468 g/mol. The number of carboxylic acid groups (broad SMARTS) is 1. The van der Waals surface area contributed by atoms with Gasteiger partial charge < -0.3 is 9.84 Å². The number of hydrogen-bond donors (Lipinski definition) is 1. The lowest BCUT2D eigenvalue weighted by atomic mass is 10.1. The maximum Gasteiger partial charge on any atom is 0.309 e. The van der Waals surface area contributed by atoms with Gasteiger partial charge in [-0.1, -0.05) is 0 Å². The van der Waals surface area contributed by atoms with E-state index in [0.717, 1.165) is 4.31 Å². The van der Waals surface area contributed by atoms with Crippen molar-refractivity contribution in [1.29, 1.82) is 0 Å². The van der Waals surface area contributed by atoms with Crippen LogP contribution in [0.15, 0.2) is 47.4 Å². The second-order valence-electron chi connectivity index (χ2n) is 8.53. The van der Waals surface area contributed by atoms with Crippen molar-refractivity contribution >= 4 is 26.9 Å². The highest BCUT2D eigenvalue weighted by molar-refractivity contribution is 7.89. The fourth-order valence-corrected chi connectivity index (χ4v) is 5.95. The van der Waals surface area contributed by atoms with Crippen LogP contribution in [0.2, 0.25) is 0 Å². The molecule has 0 saturated carbocycles. The average Bonchev–Trinajstić information content (AvgIpc) is 3.35. The Kier molecular flexibility index (Phi) is 6.59. The van der Waals surface area contributed by atoms with Crippen LogP contribution in [0.4, 0.5) is 8.78 Å². The van der Waals surface area contributed by atoms with Crippen molar-refractivity contribution in [1.82, 2.24) is 14.1 Å².